The van der Waals surface area contributed by atoms with Crippen molar-refractivity contribution in [1.29, 1.82) is 0 Å². The van der Waals surface area contributed by atoms with E-state index in [1.165, 1.54) is 25.4 Å². The zero-order valence-corrected chi connectivity index (χ0v) is 17.2. The van der Waals surface area contributed by atoms with Crippen molar-refractivity contribution in [3.05, 3.63) is 65.7 Å². The van der Waals surface area contributed by atoms with Crippen LogP contribution in [-0.2, 0) is 6.54 Å². The maximum Gasteiger partial charge on any atom is 0.255 e. The van der Waals surface area contributed by atoms with E-state index in [0.29, 0.717) is 34.9 Å². The molecule has 9 heteroatoms. The summed E-state index contributed by atoms with van der Waals surface area (Å²) < 4.78 is 12.3. The molecule has 0 atom stereocenters. The van der Waals surface area contributed by atoms with Crippen molar-refractivity contribution in [1.82, 2.24) is 19.7 Å². The molecule has 156 valence electrons. The summed E-state index contributed by atoms with van der Waals surface area (Å²) in [5.74, 6) is 0.196. The number of methoxy groups -OCH3 is 2. The minimum atomic E-state index is -0.345. The van der Waals surface area contributed by atoms with Crippen molar-refractivity contribution in [3.8, 4) is 11.5 Å². The van der Waals surface area contributed by atoms with E-state index in [4.69, 9.17) is 9.47 Å². The lowest BCUT2D eigenvalue weighted by Gasteiger charge is -2.18. The molecule has 0 aliphatic heterocycles. The molecule has 0 unspecified atom stereocenters. The third-order valence-corrected chi connectivity index (χ3v) is 4.44. The van der Waals surface area contributed by atoms with Gasteiger partial charge in [-0.15, -0.1) is 0 Å². The summed E-state index contributed by atoms with van der Waals surface area (Å²) >= 11 is 0. The number of hydrogen-bond donors (Lipinski definition) is 1. The van der Waals surface area contributed by atoms with Crippen molar-refractivity contribution >= 4 is 17.5 Å². The SMILES string of the molecule is COc1cc(NC(=O)c2ccc(Cn3cncn3)cc2)c(C(=O)N(C)C)cc1OC. The molecule has 3 rings (SSSR count). The first-order chi connectivity index (χ1) is 14.4. The molecule has 2 amide bonds. The lowest BCUT2D eigenvalue weighted by molar-refractivity contribution is 0.0828. The van der Waals surface area contributed by atoms with Crippen LogP contribution in [0.2, 0.25) is 0 Å². The van der Waals surface area contributed by atoms with Gasteiger partial charge in [-0.2, -0.15) is 5.10 Å². The number of benzene rings is 2. The van der Waals surface area contributed by atoms with E-state index in [9.17, 15) is 9.59 Å². The minimum absolute atomic E-state index is 0.269. The van der Waals surface area contributed by atoms with Gasteiger partial charge in [0.15, 0.2) is 11.5 Å². The van der Waals surface area contributed by atoms with Gasteiger partial charge >= 0.3 is 0 Å². The summed E-state index contributed by atoms with van der Waals surface area (Å²) in [7, 11) is 6.25. The van der Waals surface area contributed by atoms with Crippen molar-refractivity contribution in [2.45, 2.75) is 6.54 Å². The monoisotopic (exact) mass is 409 g/mol. The van der Waals surface area contributed by atoms with E-state index in [0.717, 1.165) is 5.56 Å². The Balaban J connectivity index is 1.85. The summed E-state index contributed by atoms with van der Waals surface area (Å²) in [5, 5.41) is 6.87. The maximum atomic E-state index is 12.8. The molecule has 0 fully saturated rings. The van der Waals surface area contributed by atoms with E-state index in [2.05, 4.69) is 15.4 Å². The van der Waals surface area contributed by atoms with Gasteiger partial charge in [0.2, 0.25) is 0 Å². The van der Waals surface area contributed by atoms with Gasteiger partial charge in [-0.25, -0.2) is 9.67 Å². The Labute approximate surface area is 174 Å². The number of ether oxygens (including phenoxy) is 2. The summed E-state index contributed by atoms with van der Waals surface area (Å²) in [6.45, 7) is 0.555. The minimum Gasteiger partial charge on any atom is -0.493 e. The number of aromatic nitrogens is 3. The maximum absolute atomic E-state index is 12.8. The van der Waals surface area contributed by atoms with Crippen LogP contribution in [0.15, 0.2) is 49.1 Å². The van der Waals surface area contributed by atoms with Crippen LogP contribution in [0.5, 0.6) is 11.5 Å². The van der Waals surface area contributed by atoms with E-state index >= 15 is 0 Å². The molecule has 0 aliphatic carbocycles. The number of amides is 2. The summed E-state index contributed by atoms with van der Waals surface area (Å²) in [6, 6.07) is 10.3. The van der Waals surface area contributed by atoms with Crippen LogP contribution in [0.4, 0.5) is 5.69 Å². The van der Waals surface area contributed by atoms with Gasteiger partial charge in [-0.1, -0.05) is 12.1 Å². The fourth-order valence-electron chi connectivity index (χ4n) is 2.86. The number of hydrogen-bond acceptors (Lipinski definition) is 6. The molecule has 1 heterocycles. The van der Waals surface area contributed by atoms with Gasteiger partial charge in [0, 0.05) is 25.7 Å². The lowest BCUT2D eigenvalue weighted by Crippen LogP contribution is -2.24. The summed E-state index contributed by atoms with van der Waals surface area (Å²) in [5.41, 5.74) is 2.07. The van der Waals surface area contributed by atoms with E-state index in [1.54, 1.807) is 49.4 Å². The number of carbonyl (C=O) groups is 2. The van der Waals surface area contributed by atoms with Crippen LogP contribution in [0.1, 0.15) is 26.3 Å². The molecular weight excluding hydrogens is 386 g/mol. The summed E-state index contributed by atoms with van der Waals surface area (Å²) in [6.07, 6.45) is 3.10. The normalized spacial score (nSPS) is 10.4. The molecule has 1 N–H and O–H groups in total. The first-order valence-electron chi connectivity index (χ1n) is 9.13. The average Bonchev–Trinajstić information content (AvgIpc) is 3.26. The van der Waals surface area contributed by atoms with Crippen LogP contribution < -0.4 is 14.8 Å². The predicted octanol–water partition coefficient (Wildman–Crippen LogP) is 2.30. The number of nitrogens with zero attached hydrogens (tertiary/aromatic N) is 4. The molecule has 0 radical (unpaired) electrons. The molecule has 0 aliphatic rings. The van der Waals surface area contributed by atoms with Crippen LogP contribution in [0, 0.1) is 0 Å². The van der Waals surface area contributed by atoms with Crippen LogP contribution in [-0.4, -0.2) is 59.8 Å². The molecule has 0 bridgehead atoms. The molecule has 2 aromatic carbocycles. The molecule has 1 aromatic heterocycles. The number of anilines is 1. The number of rotatable bonds is 7. The Kier molecular flexibility index (Phi) is 6.31. The highest BCUT2D eigenvalue weighted by Gasteiger charge is 2.20. The van der Waals surface area contributed by atoms with Gasteiger partial charge in [0.25, 0.3) is 11.8 Å². The Hall–Kier alpha value is -3.88. The molecule has 3 aromatic rings. The van der Waals surface area contributed by atoms with Crippen LogP contribution >= 0.6 is 0 Å². The van der Waals surface area contributed by atoms with Gasteiger partial charge in [0.05, 0.1) is 32.0 Å². The van der Waals surface area contributed by atoms with Crippen molar-refractivity contribution in [2.24, 2.45) is 0 Å². The molecule has 0 saturated heterocycles. The first kappa shape index (κ1) is 20.8. The highest BCUT2D eigenvalue weighted by Crippen LogP contribution is 2.34. The Morgan fingerprint density at radius 1 is 1.07 bits per heavy atom. The molecular formula is C21H23N5O4. The van der Waals surface area contributed by atoms with Gasteiger partial charge in [-0.05, 0) is 23.8 Å². The summed E-state index contributed by atoms with van der Waals surface area (Å²) in [4.78, 5) is 30.8. The van der Waals surface area contributed by atoms with Crippen molar-refractivity contribution in [2.75, 3.05) is 33.6 Å². The Morgan fingerprint density at radius 3 is 2.30 bits per heavy atom. The van der Waals surface area contributed by atoms with E-state index in [-0.39, 0.29) is 11.8 Å². The van der Waals surface area contributed by atoms with Gasteiger partial charge in [-0.3, -0.25) is 9.59 Å². The lowest BCUT2D eigenvalue weighted by atomic mass is 10.1. The predicted molar refractivity (Wildman–Crippen MR) is 111 cm³/mol. The fourth-order valence-corrected chi connectivity index (χ4v) is 2.86. The van der Waals surface area contributed by atoms with E-state index < -0.39 is 0 Å². The number of carbonyl (C=O) groups excluding carboxylic acids is 2. The van der Waals surface area contributed by atoms with Crippen molar-refractivity contribution in [3.63, 3.8) is 0 Å². The second-order valence-corrected chi connectivity index (χ2v) is 6.70. The fraction of sp³-hybridized carbons (Fsp3) is 0.238. The standard InChI is InChI=1S/C21H23N5O4/c1-25(2)21(28)16-9-18(29-3)19(30-4)10-17(16)24-20(27)15-7-5-14(6-8-15)11-26-13-22-12-23-26/h5-10,12-13H,11H2,1-4H3,(H,24,27). The van der Waals surface area contributed by atoms with Crippen LogP contribution in [0.3, 0.4) is 0 Å². The second-order valence-electron chi connectivity index (χ2n) is 6.70. The molecule has 0 saturated carbocycles. The van der Waals surface area contributed by atoms with Crippen molar-refractivity contribution < 1.29 is 19.1 Å². The number of nitrogens with one attached hydrogen (secondary N) is 1. The Morgan fingerprint density at radius 2 is 1.73 bits per heavy atom. The second kappa shape index (κ2) is 9.08. The zero-order valence-electron chi connectivity index (χ0n) is 17.2. The average molecular weight is 409 g/mol. The third kappa shape index (κ3) is 4.57. The Bertz CT molecular complexity index is 1030. The highest BCUT2D eigenvalue weighted by atomic mass is 16.5. The van der Waals surface area contributed by atoms with Gasteiger partial charge in [0.1, 0.15) is 12.7 Å². The molecule has 0 spiro atoms. The largest absolute Gasteiger partial charge is 0.493 e. The highest BCUT2D eigenvalue weighted by molar-refractivity contribution is 6.09. The van der Waals surface area contributed by atoms with Crippen LogP contribution in [0.25, 0.3) is 0 Å². The quantitative estimate of drug-likeness (QED) is 0.643. The zero-order chi connectivity index (χ0) is 21.7. The third-order valence-electron chi connectivity index (χ3n) is 4.44. The topological polar surface area (TPSA) is 98.6 Å². The van der Waals surface area contributed by atoms with Gasteiger partial charge < -0.3 is 19.7 Å². The smallest absolute Gasteiger partial charge is 0.255 e. The molecule has 30 heavy (non-hydrogen) atoms. The van der Waals surface area contributed by atoms with E-state index in [1.807, 2.05) is 12.1 Å². The first-order valence-corrected chi connectivity index (χ1v) is 9.13. The molecule has 9 nitrogen and oxygen atoms in total.